The molecule has 0 aromatic rings. The molecular weight excluding hydrogens is 426 g/mol. The van der Waals surface area contributed by atoms with Gasteiger partial charge in [-0.2, -0.15) is 0 Å². The number of hydrogen-bond acceptors (Lipinski definition) is 5. The first-order chi connectivity index (χ1) is 15.7. The van der Waals surface area contributed by atoms with Crippen molar-refractivity contribution in [1.82, 2.24) is 5.32 Å². The summed E-state index contributed by atoms with van der Waals surface area (Å²) in [6.07, 6.45) is 12.6. The van der Waals surface area contributed by atoms with Crippen LogP contribution in [0.5, 0.6) is 0 Å². The number of carbonyl (C=O) groups is 4. The maximum atomic E-state index is 12.3. The second-order valence-corrected chi connectivity index (χ2v) is 9.07. The van der Waals surface area contributed by atoms with Gasteiger partial charge in [0.2, 0.25) is 5.91 Å². The van der Waals surface area contributed by atoms with Gasteiger partial charge in [0, 0.05) is 25.2 Å². The number of aliphatic hydroxyl groups is 1. The molecule has 8 heteroatoms. The lowest BCUT2D eigenvalue weighted by Crippen LogP contribution is -2.41. The molecule has 0 aromatic heterocycles. The van der Waals surface area contributed by atoms with Gasteiger partial charge in [-0.3, -0.25) is 14.4 Å². The zero-order valence-corrected chi connectivity index (χ0v) is 19.8. The molecule has 0 heterocycles. The minimum Gasteiger partial charge on any atom is -0.481 e. The highest BCUT2D eigenvalue weighted by molar-refractivity contribution is 5.84. The van der Waals surface area contributed by atoms with Gasteiger partial charge in [-0.15, -0.1) is 0 Å². The minimum absolute atomic E-state index is 0.0120. The molecule has 0 aliphatic heterocycles. The van der Waals surface area contributed by atoms with Gasteiger partial charge in [-0.25, -0.2) is 4.79 Å². The number of rotatable bonds is 18. The Morgan fingerprint density at radius 3 is 2.42 bits per heavy atom. The lowest BCUT2D eigenvalue weighted by molar-refractivity contribution is -0.143. The van der Waals surface area contributed by atoms with E-state index in [0.29, 0.717) is 18.6 Å². The largest absolute Gasteiger partial charge is 0.481 e. The summed E-state index contributed by atoms with van der Waals surface area (Å²) in [7, 11) is 0. The molecule has 1 aliphatic rings. The topological polar surface area (TPSA) is 141 Å². The number of Topliss-reactive ketones (excluding diaryl/α,β-unsaturated/α-hetero) is 1. The first kappa shape index (κ1) is 28.8. The molecule has 0 bridgehead atoms. The molecule has 1 saturated carbocycles. The van der Waals surface area contributed by atoms with Crippen molar-refractivity contribution in [2.75, 3.05) is 0 Å². The van der Waals surface area contributed by atoms with E-state index in [9.17, 15) is 24.3 Å². The smallest absolute Gasteiger partial charge is 0.326 e. The first-order valence-corrected chi connectivity index (χ1v) is 12.4. The molecule has 1 rings (SSSR count). The number of unbranched alkanes of at least 4 members (excludes halogenated alkanes) is 5. The molecule has 4 N–H and O–H groups in total. The molecule has 4 atom stereocenters. The predicted octanol–water partition coefficient (Wildman–Crippen LogP) is 3.85. The van der Waals surface area contributed by atoms with E-state index in [2.05, 4.69) is 12.2 Å². The lowest BCUT2D eigenvalue weighted by Gasteiger charge is -2.16. The van der Waals surface area contributed by atoms with E-state index in [-0.39, 0.29) is 37.0 Å². The second kappa shape index (κ2) is 16.4. The number of carboxylic acids is 2. The van der Waals surface area contributed by atoms with Crippen molar-refractivity contribution in [3.63, 3.8) is 0 Å². The van der Waals surface area contributed by atoms with Crippen LogP contribution in [0.1, 0.15) is 96.8 Å². The summed E-state index contributed by atoms with van der Waals surface area (Å²) in [5.41, 5.74) is 0. The van der Waals surface area contributed by atoms with Crippen molar-refractivity contribution < 1.29 is 34.5 Å². The molecule has 1 aliphatic carbocycles. The molecule has 1 amide bonds. The van der Waals surface area contributed by atoms with Crippen molar-refractivity contribution >= 4 is 23.6 Å². The number of amides is 1. The molecule has 33 heavy (non-hydrogen) atoms. The average Bonchev–Trinajstić information content (AvgIpc) is 3.11. The quantitative estimate of drug-likeness (QED) is 0.177. The van der Waals surface area contributed by atoms with Gasteiger partial charge in [0.25, 0.3) is 0 Å². The summed E-state index contributed by atoms with van der Waals surface area (Å²) in [6.45, 7) is 2.13. The molecule has 188 valence electrons. The zero-order valence-electron chi connectivity index (χ0n) is 19.8. The summed E-state index contributed by atoms with van der Waals surface area (Å²) >= 11 is 0. The van der Waals surface area contributed by atoms with E-state index in [0.717, 1.165) is 57.8 Å². The summed E-state index contributed by atoms with van der Waals surface area (Å²) in [5, 5.41) is 30.2. The van der Waals surface area contributed by atoms with Crippen LogP contribution in [-0.4, -0.2) is 51.1 Å². The van der Waals surface area contributed by atoms with E-state index < -0.39 is 24.1 Å². The molecular formula is C25H41NO7. The number of carboxylic acid groups (broad SMARTS) is 2. The number of allylic oxidation sites excluding steroid dienone is 1. The van der Waals surface area contributed by atoms with Crippen LogP contribution in [0.15, 0.2) is 12.2 Å². The Balaban J connectivity index is 2.27. The van der Waals surface area contributed by atoms with Gasteiger partial charge >= 0.3 is 11.9 Å². The summed E-state index contributed by atoms with van der Waals surface area (Å²) in [4.78, 5) is 45.9. The monoisotopic (exact) mass is 467 g/mol. The van der Waals surface area contributed by atoms with Crippen LogP contribution < -0.4 is 5.32 Å². The highest BCUT2D eigenvalue weighted by atomic mass is 16.4. The van der Waals surface area contributed by atoms with Gasteiger partial charge in [-0.1, -0.05) is 57.6 Å². The summed E-state index contributed by atoms with van der Waals surface area (Å²) in [5.74, 6) is -2.21. The fourth-order valence-corrected chi connectivity index (χ4v) is 4.31. The van der Waals surface area contributed by atoms with Crippen LogP contribution in [-0.2, 0) is 19.2 Å². The molecule has 0 radical (unpaired) electrons. The summed E-state index contributed by atoms with van der Waals surface area (Å²) in [6, 6.07) is -1.18. The van der Waals surface area contributed by atoms with Crippen LogP contribution in [0.3, 0.4) is 0 Å². The molecule has 8 nitrogen and oxygen atoms in total. The normalized spacial score (nSPS) is 20.1. The number of aliphatic hydroxyl groups excluding tert-OH is 1. The Labute approximate surface area is 196 Å². The number of hydrogen-bond donors (Lipinski definition) is 4. The van der Waals surface area contributed by atoms with Gasteiger partial charge < -0.3 is 20.6 Å². The third kappa shape index (κ3) is 12.6. The van der Waals surface area contributed by atoms with E-state index in [4.69, 9.17) is 10.2 Å². The fraction of sp³-hybridized carbons (Fsp3) is 0.760. The van der Waals surface area contributed by atoms with E-state index in [1.165, 1.54) is 0 Å². The van der Waals surface area contributed by atoms with Crippen molar-refractivity contribution in [1.29, 1.82) is 0 Å². The predicted molar refractivity (Wildman–Crippen MR) is 125 cm³/mol. The fourth-order valence-electron chi connectivity index (χ4n) is 4.31. The molecule has 0 aromatic carbocycles. The van der Waals surface area contributed by atoms with E-state index in [1.54, 1.807) is 0 Å². The maximum Gasteiger partial charge on any atom is 0.326 e. The molecule has 1 fully saturated rings. The van der Waals surface area contributed by atoms with Crippen LogP contribution in [0.25, 0.3) is 0 Å². The van der Waals surface area contributed by atoms with Crippen molar-refractivity contribution in [2.45, 2.75) is 109 Å². The number of ketones is 1. The number of aliphatic carboxylic acids is 2. The first-order valence-electron chi connectivity index (χ1n) is 12.4. The Morgan fingerprint density at radius 1 is 1.03 bits per heavy atom. The highest BCUT2D eigenvalue weighted by Gasteiger charge is 2.32. The Kier molecular flexibility index (Phi) is 14.3. The minimum atomic E-state index is -1.23. The van der Waals surface area contributed by atoms with Gasteiger partial charge in [0.1, 0.15) is 11.8 Å². The lowest BCUT2D eigenvalue weighted by atomic mass is 9.89. The molecule has 0 saturated heterocycles. The van der Waals surface area contributed by atoms with Crippen LogP contribution >= 0.6 is 0 Å². The average molecular weight is 468 g/mol. The Bertz CT molecular complexity index is 661. The molecule has 1 unspecified atom stereocenters. The third-order valence-electron chi connectivity index (χ3n) is 6.29. The Morgan fingerprint density at radius 2 is 1.76 bits per heavy atom. The third-order valence-corrected chi connectivity index (χ3v) is 6.29. The highest BCUT2D eigenvalue weighted by Crippen LogP contribution is 2.34. The van der Waals surface area contributed by atoms with Crippen molar-refractivity contribution in [2.24, 2.45) is 11.8 Å². The van der Waals surface area contributed by atoms with Crippen LogP contribution in [0.4, 0.5) is 0 Å². The number of carbonyl (C=O) groups excluding carboxylic acids is 2. The molecule has 0 spiro atoms. The second-order valence-electron chi connectivity index (χ2n) is 9.07. The van der Waals surface area contributed by atoms with Crippen molar-refractivity contribution in [3.05, 3.63) is 12.2 Å². The van der Waals surface area contributed by atoms with E-state index >= 15 is 0 Å². The SMILES string of the molecule is CCCCC[C@H](O)C=C[C@H]1CCC(=O)[C@@H]1CCCCCCC(=O)NC(CCC(=O)O)C(=O)O. The Hall–Kier alpha value is -2.22. The van der Waals surface area contributed by atoms with Gasteiger partial charge in [-0.05, 0) is 38.0 Å². The van der Waals surface area contributed by atoms with Crippen molar-refractivity contribution in [3.8, 4) is 0 Å². The standard InChI is InChI=1S/C25H41NO7/c1-2-3-6-9-19(27)14-12-18-13-16-22(28)20(18)10-7-4-5-8-11-23(29)26-21(25(32)33)15-17-24(30)31/h12,14,18-21,27H,2-11,13,15-17H2,1H3,(H,26,29)(H,30,31)(H,32,33)/t18-,19-,20+,21?/m0/s1. The van der Waals surface area contributed by atoms with Crippen LogP contribution in [0, 0.1) is 11.8 Å². The summed E-state index contributed by atoms with van der Waals surface area (Å²) < 4.78 is 0. The van der Waals surface area contributed by atoms with E-state index in [1.807, 2.05) is 12.2 Å². The number of nitrogens with one attached hydrogen (secondary N) is 1. The van der Waals surface area contributed by atoms with Gasteiger partial charge in [0.05, 0.1) is 6.10 Å². The van der Waals surface area contributed by atoms with Gasteiger partial charge in [0.15, 0.2) is 0 Å². The van der Waals surface area contributed by atoms with Crippen LogP contribution in [0.2, 0.25) is 0 Å². The maximum absolute atomic E-state index is 12.3. The zero-order chi connectivity index (χ0) is 24.6.